The van der Waals surface area contributed by atoms with Crippen LogP contribution >= 0.6 is 11.3 Å². The molecular weight excluding hydrogens is 1360 g/mol. The van der Waals surface area contributed by atoms with Crippen LogP contribution in [0.5, 0.6) is 0 Å². The first-order valence-corrected chi connectivity index (χ1v) is 38.1. The zero-order valence-corrected chi connectivity index (χ0v) is 60.4. The Labute approximate surface area is 658 Å². The Morgan fingerprint density at radius 1 is 0.180 bits per heavy atom. The number of furan rings is 2. The smallest absolute Gasteiger partial charge is 0.136 e. The maximum Gasteiger partial charge on any atom is 0.136 e. The van der Waals surface area contributed by atoms with E-state index in [9.17, 15) is 0 Å². The van der Waals surface area contributed by atoms with Gasteiger partial charge in [0.1, 0.15) is 22.3 Å². The lowest BCUT2D eigenvalue weighted by atomic mass is 9.83. The highest BCUT2D eigenvalue weighted by Crippen LogP contribution is 2.53. The lowest BCUT2D eigenvalue weighted by molar-refractivity contribution is 0.668. The van der Waals surface area contributed by atoms with Crippen LogP contribution in [0.2, 0.25) is 0 Å². The van der Waals surface area contributed by atoms with E-state index in [-0.39, 0.29) is 59.5 Å². The molecule has 0 aliphatic rings. The maximum atomic E-state index is 9.01. The second-order valence-corrected chi connectivity index (χ2v) is 29.4. The molecule has 0 radical (unpaired) electrons. The van der Waals surface area contributed by atoms with E-state index in [2.05, 4.69) is 237 Å². The summed E-state index contributed by atoms with van der Waals surface area (Å²) in [5.41, 5.74) is 20.3. The SMILES string of the molecule is [2H]c1c([2H])c([2H])c(-c2c3ccccc3c(-c3ccc(-c4ccc5oc6ccccc6c5c4-c4ccc(-c5ccccc5)cc4)c4ccccc34)c3ccccc23)c([2H])c1[2H].[2H]c1c([2H])c([2H])c(-c2c3ccccc3c(-c3ccc(-c4ccc5oc6ccccc6c5c4-c4ccc5c(c4)sc4ccccc45)c4ccccc34)c3ccccc23)c([2H])c1[2H]. The highest BCUT2D eigenvalue weighted by Gasteiger charge is 2.26. The molecule has 0 bridgehead atoms. The average molecular weight is 1440 g/mol. The molecule has 0 N–H and O–H groups in total. The second-order valence-electron chi connectivity index (χ2n) is 28.3. The number of para-hydroxylation sites is 2. The number of thiophene rings is 1. The van der Waals surface area contributed by atoms with Gasteiger partial charge in [-0.3, -0.25) is 0 Å². The summed E-state index contributed by atoms with van der Waals surface area (Å²) in [6.45, 7) is 0. The summed E-state index contributed by atoms with van der Waals surface area (Å²) < 4.78 is 102. The molecule has 0 unspecified atom stereocenters. The molecule has 0 aliphatic heterocycles. The van der Waals surface area contributed by atoms with Crippen molar-refractivity contribution in [2.75, 3.05) is 0 Å². The molecule has 516 valence electrons. The number of hydrogen-bond donors (Lipinski definition) is 0. The van der Waals surface area contributed by atoms with Gasteiger partial charge in [-0.1, -0.05) is 352 Å². The largest absolute Gasteiger partial charge is 0.456 e. The zero-order chi connectivity index (χ0) is 81.7. The van der Waals surface area contributed by atoms with Crippen molar-refractivity contribution in [3.05, 3.63) is 400 Å². The van der Waals surface area contributed by atoms with Crippen molar-refractivity contribution in [1.29, 1.82) is 0 Å². The van der Waals surface area contributed by atoms with Gasteiger partial charge in [0.15, 0.2) is 0 Å². The van der Waals surface area contributed by atoms with Crippen molar-refractivity contribution in [3.8, 4) is 100 Å². The molecule has 20 aromatic carbocycles. The van der Waals surface area contributed by atoms with Gasteiger partial charge in [-0.25, -0.2) is 0 Å². The van der Waals surface area contributed by atoms with Crippen LogP contribution < -0.4 is 0 Å². The third kappa shape index (κ3) is 10.5. The molecular formula is C108H66O2S. The normalized spacial score (nSPS) is 13.0. The third-order valence-electron chi connectivity index (χ3n) is 22.4. The minimum absolute atomic E-state index is 0.201. The van der Waals surface area contributed by atoms with Crippen molar-refractivity contribution in [3.63, 3.8) is 0 Å². The first kappa shape index (κ1) is 54.4. The Balaban J connectivity index is 0.000000145. The highest BCUT2D eigenvalue weighted by atomic mass is 32.1. The van der Waals surface area contributed by atoms with Crippen LogP contribution in [-0.4, -0.2) is 0 Å². The van der Waals surface area contributed by atoms with Gasteiger partial charge in [-0.05, 0) is 202 Å². The van der Waals surface area contributed by atoms with Gasteiger partial charge in [0.2, 0.25) is 0 Å². The summed E-state index contributed by atoms with van der Waals surface area (Å²) in [5, 5.41) is 18.2. The van der Waals surface area contributed by atoms with Gasteiger partial charge in [0.25, 0.3) is 0 Å². The third-order valence-corrected chi connectivity index (χ3v) is 23.5. The predicted octanol–water partition coefficient (Wildman–Crippen LogP) is 31.5. The second kappa shape index (κ2) is 26.3. The molecule has 3 heterocycles. The lowest BCUT2D eigenvalue weighted by Gasteiger charge is -2.20. The zero-order valence-electron chi connectivity index (χ0n) is 69.6. The standard InChI is InChI=1S/C54H32OS.C54H34O/c1-2-14-33(15-3-1)51-40-19-6-8-21-42(40)53(43-22-9-7-20-41(43)51)45-29-28-37(35-16-4-5-17-36(35)45)44-30-31-48-54(46-23-10-12-24-47(46)55-48)52(44)34-26-27-39-38-18-11-13-25-49(38)56-50(39)32-34;1-3-15-35(16-4-1)36-27-29-38(30-28-36)52-46(33-34-50-54(52)48-25-13-14-26-49(48)55-50)41-31-32-47(40-20-8-7-19-39(40)41)53-44-23-11-9-21-42(44)51(37-17-5-2-6-18-37)43-22-10-12-24-45(43)53/h1-32H;1-34H/i1D,2D,3D,14D,15D;2D,5D,6D,17D,18D. The Hall–Kier alpha value is -14.2. The average Bonchev–Trinajstić information content (AvgIpc) is 1.23. The van der Waals surface area contributed by atoms with Gasteiger partial charge in [0.05, 0.1) is 13.7 Å². The summed E-state index contributed by atoms with van der Waals surface area (Å²) in [7, 11) is 0. The molecule has 0 atom stereocenters. The quantitative estimate of drug-likeness (QED) is 0.135. The van der Waals surface area contributed by atoms with Crippen LogP contribution in [0.3, 0.4) is 0 Å². The van der Waals surface area contributed by atoms with Crippen LogP contribution in [0, 0.1) is 0 Å². The van der Waals surface area contributed by atoms with E-state index in [0.717, 1.165) is 181 Å². The minimum atomic E-state index is -0.405. The number of fused-ring (bicyclic) bond motifs is 15. The Morgan fingerprint density at radius 3 is 0.946 bits per heavy atom. The van der Waals surface area contributed by atoms with Crippen LogP contribution in [0.25, 0.3) is 229 Å². The summed E-state index contributed by atoms with van der Waals surface area (Å²) >= 11 is 1.82. The van der Waals surface area contributed by atoms with Gasteiger partial charge < -0.3 is 8.83 Å². The fourth-order valence-electron chi connectivity index (χ4n) is 17.7. The monoisotopic (exact) mass is 1440 g/mol. The predicted molar refractivity (Wildman–Crippen MR) is 474 cm³/mol. The van der Waals surface area contributed by atoms with E-state index < -0.39 is 12.1 Å². The van der Waals surface area contributed by atoms with Gasteiger partial charge in [0, 0.05) is 52.8 Å². The van der Waals surface area contributed by atoms with Gasteiger partial charge in [-0.15, -0.1) is 11.3 Å². The fourth-order valence-corrected chi connectivity index (χ4v) is 18.8. The molecule has 23 aromatic rings. The first-order valence-electron chi connectivity index (χ1n) is 42.3. The topological polar surface area (TPSA) is 26.3 Å². The van der Waals surface area contributed by atoms with E-state index in [4.69, 9.17) is 22.5 Å². The van der Waals surface area contributed by atoms with Crippen LogP contribution in [0.15, 0.2) is 409 Å². The van der Waals surface area contributed by atoms with Crippen molar-refractivity contribution in [2.45, 2.75) is 0 Å². The molecule has 111 heavy (non-hydrogen) atoms. The molecule has 0 spiro atoms. The Morgan fingerprint density at radius 2 is 0.495 bits per heavy atom. The molecule has 0 saturated carbocycles. The minimum Gasteiger partial charge on any atom is -0.456 e. The van der Waals surface area contributed by atoms with Gasteiger partial charge in [-0.2, -0.15) is 0 Å². The van der Waals surface area contributed by atoms with Crippen molar-refractivity contribution in [1.82, 2.24) is 0 Å². The molecule has 23 rings (SSSR count). The fraction of sp³-hybridized carbons (Fsp3) is 0. The van der Waals surface area contributed by atoms with Crippen molar-refractivity contribution < 1.29 is 22.5 Å². The van der Waals surface area contributed by atoms with Gasteiger partial charge >= 0.3 is 0 Å². The van der Waals surface area contributed by atoms with Crippen LogP contribution in [0.4, 0.5) is 0 Å². The summed E-state index contributed by atoms with van der Waals surface area (Å²) in [4.78, 5) is 0. The summed E-state index contributed by atoms with van der Waals surface area (Å²) in [5.74, 6) is 0. The lowest BCUT2D eigenvalue weighted by Crippen LogP contribution is -1.93. The number of benzene rings is 20. The van der Waals surface area contributed by atoms with E-state index in [0.29, 0.717) is 11.1 Å². The maximum absolute atomic E-state index is 9.01. The van der Waals surface area contributed by atoms with Crippen molar-refractivity contribution in [2.24, 2.45) is 0 Å². The molecule has 3 heteroatoms. The summed E-state index contributed by atoms with van der Waals surface area (Å²) in [6.07, 6.45) is 0. The Kier molecular flexibility index (Phi) is 12.9. The van der Waals surface area contributed by atoms with Crippen LogP contribution in [-0.2, 0) is 0 Å². The highest BCUT2D eigenvalue weighted by molar-refractivity contribution is 7.25. The van der Waals surface area contributed by atoms with Crippen LogP contribution in [0.1, 0.15) is 13.7 Å². The molecule has 2 nitrogen and oxygen atoms in total. The Bertz CT molecular complexity index is 8180. The number of hydrogen-bond acceptors (Lipinski definition) is 3. The van der Waals surface area contributed by atoms with E-state index in [1.54, 1.807) is 0 Å². The first-order chi connectivity index (χ1) is 59.3. The molecule has 0 amide bonds. The van der Waals surface area contributed by atoms with E-state index in [1.807, 2.05) is 114 Å². The summed E-state index contributed by atoms with van der Waals surface area (Å²) in [6, 6.07) is 115. The van der Waals surface area contributed by atoms with Crippen molar-refractivity contribution >= 4 is 140 Å². The molecule has 3 aromatic heterocycles. The number of rotatable bonds is 9. The van der Waals surface area contributed by atoms with E-state index >= 15 is 0 Å². The molecule has 0 fully saturated rings. The van der Waals surface area contributed by atoms with E-state index in [1.165, 1.54) is 25.7 Å². The molecule has 0 aliphatic carbocycles. The molecule has 0 saturated heterocycles.